The first-order chi connectivity index (χ1) is 5.83. The molecule has 1 saturated carbocycles. The van der Waals surface area contributed by atoms with E-state index >= 15 is 0 Å². The van der Waals surface area contributed by atoms with Crippen molar-refractivity contribution in [1.29, 1.82) is 0 Å². The molecule has 0 bridgehead atoms. The van der Waals surface area contributed by atoms with Crippen molar-refractivity contribution in [3.05, 3.63) is 12.7 Å². The fraction of sp³-hybridized carbons (Fsp3) is 0.700. The average molecular weight is 168 g/mol. The summed E-state index contributed by atoms with van der Waals surface area (Å²) in [6.07, 6.45) is 8.24. The van der Waals surface area contributed by atoms with Crippen LogP contribution in [0.4, 0.5) is 0 Å². The molecule has 0 saturated heterocycles. The highest BCUT2D eigenvalue weighted by molar-refractivity contribution is 5.38. The van der Waals surface area contributed by atoms with E-state index in [0.717, 1.165) is 19.3 Å². The number of hydrogen-bond donors (Lipinski definition) is 0. The molecular formula is C10H16O2. The van der Waals surface area contributed by atoms with E-state index in [1.807, 2.05) is 6.08 Å². The Morgan fingerprint density at radius 2 is 2.00 bits per heavy atom. The molecule has 0 spiro atoms. The van der Waals surface area contributed by atoms with Crippen molar-refractivity contribution in [3.63, 3.8) is 0 Å². The lowest BCUT2D eigenvalue weighted by atomic mass is 9.82. The molecule has 1 aliphatic rings. The molecule has 2 nitrogen and oxygen atoms in total. The lowest BCUT2D eigenvalue weighted by Crippen LogP contribution is -2.34. The second-order valence-corrected chi connectivity index (χ2v) is 3.45. The smallest absolute Gasteiger partial charge is 0.293 e. The quantitative estimate of drug-likeness (QED) is 0.476. The van der Waals surface area contributed by atoms with Gasteiger partial charge in [-0.2, -0.15) is 0 Å². The maximum Gasteiger partial charge on any atom is 0.293 e. The monoisotopic (exact) mass is 168 g/mol. The van der Waals surface area contributed by atoms with Gasteiger partial charge in [0.25, 0.3) is 6.47 Å². The number of rotatable bonds is 4. The molecule has 1 rings (SSSR count). The van der Waals surface area contributed by atoms with Crippen LogP contribution in [0.25, 0.3) is 0 Å². The van der Waals surface area contributed by atoms with Crippen LogP contribution < -0.4 is 0 Å². The van der Waals surface area contributed by atoms with Gasteiger partial charge in [-0.25, -0.2) is 0 Å². The number of carbonyl (C=O) groups excluding carboxylic acids is 1. The van der Waals surface area contributed by atoms with Crippen LogP contribution in [0.3, 0.4) is 0 Å². The number of ether oxygens (including phenoxy) is 1. The first-order valence-electron chi connectivity index (χ1n) is 4.55. The van der Waals surface area contributed by atoms with E-state index in [1.54, 1.807) is 0 Å². The normalized spacial score (nSPS) is 21.3. The Balaban J connectivity index is 2.55. The highest BCUT2D eigenvalue weighted by Gasteiger charge is 2.32. The fourth-order valence-corrected chi connectivity index (χ4v) is 1.93. The van der Waals surface area contributed by atoms with Crippen LogP contribution in [0.2, 0.25) is 0 Å². The summed E-state index contributed by atoms with van der Waals surface area (Å²) in [7, 11) is 0. The standard InChI is InChI=1S/C10H16O2/c1-2-6-10(12-9-11)7-4-3-5-8-10/h2,9H,1,3-8H2. The summed E-state index contributed by atoms with van der Waals surface area (Å²) in [6.45, 7) is 4.26. The SMILES string of the molecule is C=CCC1(OC=O)CCCCC1. The van der Waals surface area contributed by atoms with Crippen LogP contribution in [-0.2, 0) is 9.53 Å². The Labute approximate surface area is 73.6 Å². The van der Waals surface area contributed by atoms with Crippen LogP contribution >= 0.6 is 0 Å². The van der Waals surface area contributed by atoms with Gasteiger partial charge in [0, 0.05) is 6.42 Å². The lowest BCUT2D eigenvalue weighted by molar-refractivity contribution is -0.146. The summed E-state index contributed by atoms with van der Waals surface area (Å²) in [5.74, 6) is 0. The van der Waals surface area contributed by atoms with Crippen molar-refractivity contribution < 1.29 is 9.53 Å². The summed E-state index contributed by atoms with van der Waals surface area (Å²) < 4.78 is 5.16. The van der Waals surface area contributed by atoms with Gasteiger partial charge in [0.1, 0.15) is 5.60 Å². The van der Waals surface area contributed by atoms with E-state index in [0.29, 0.717) is 6.47 Å². The van der Waals surface area contributed by atoms with E-state index in [4.69, 9.17) is 4.74 Å². The molecule has 0 aromatic carbocycles. The van der Waals surface area contributed by atoms with Crippen LogP contribution in [0.1, 0.15) is 38.5 Å². The molecule has 1 fully saturated rings. The van der Waals surface area contributed by atoms with Crippen LogP contribution in [-0.4, -0.2) is 12.1 Å². The van der Waals surface area contributed by atoms with E-state index < -0.39 is 0 Å². The Morgan fingerprint density at radius 1 is 1.33 bits per heavy atom. The first-order valence-corrected chi connectivity index (χ1v) is 4.55. The Hall–Kier alpha value is -0.790. The topological polar surface area (TPSA) is 26.3 Å². The van der Waals surface area contributed by atoms with Crippen molar-refractivity contribution in [2.45, 2.75) is 44.1 Å². The second kappa shape index (κ2) is 4.29. The minimum atomic E-state index is -0.207. The zero-order valence-electron chi connectivity index (χ0n) is 7.42. The zero-order valence-corrected chi connectivity index (χ0v) is 7.42. The Morgan fingerprint density at radius 3 is 2.50 bits per heavy atom. The summed E-state index contributed by atoms with van der Waals surface area (Å²) in [5.41, 5.74) is -0.207. The first kappa shape index (κ1) is 9.30. The third-order valence-corrected chi connectivity index (χ3v) is 2.58. The molecule has 12 heavy (non-hydrogen) atoms. The molecular weight excluding hydrogens is 152 g/mol. The molecule has 0 aromatic rings. The third kappa shape index (κ3) is 2.10. The summed E-state index contributed by atoms with van der Waals surface area (Å²) >= 11 is 0. The van der Waals surface area contributed by atoms with Crippen LogP contribution in [0.15, 0.2) is 12.7 Å². The van der Waals surface area contributed by atoms with E-state index in [2.05, 4.69) is 6.58 Å². The predicted molar refractivity (Wildman–Crippen MR) is 47.8 cm³/mol. The molecule has 2 heteroatoms. The molecule has 0 amide bonds. The summed E-state index contributed by atoms with van der Waals surface area (Å²) in [6, 6.07) is 0. The summed E-state index contributed by atoms with van der Waals surface area (Å²) in [4.78, 5) is 10.3. The highest BCUT2D eigenvalue weighted by atomic mass is 16.5. The van der Waals surface area contributed by atoms with Crippen molar-refractivity contribution in [3.8, 4) is 0 Å². The van der Waals surface area contributed by atoms with Gasteiger partial charge in [-0.15, -0.1) is 6.58 Å². The molecule has 0 radical (unpaired) electrons. The molecule has 0 aliphatic heterocycles. The maximum atomic E-state index is 10.3. The molecule has 0 atom stereocenters. The molecule has 68 valence electrons. The largest absolute Gasteiger partial charge is 0.461 e. The van der Waals surface area contributed by atoms with Crippen molar-refractivity contribution >= 4 is 6.47 Å². The number of hydrogen-bond acceptors (Lipinski definition) is 2. The Bertz CT molecular complexity index is 145. The van der Waals surface area contributed by atoms with Gasteiger partial charge in [0.15, 0.2) is 0 Å². The van der Waals surface area contributed by atoms with Crippen molar-refractivity contribution in [2.24, 2.45) is 0 Å². The van der Waals surface area contributed by atoms with Gasteiger partial charge in [0.2, 0.25) is 0 Å². The predicted octanol–water partition coefficient (Wildman–Crippen LogP) is 2.44. The Kier molecular flexibility index (Phi) is 3.32. The van der Waals surface area contributed by atoms with Gasteiger partial charge in [0.05, 0.1) is 0 Å². The minimum absolute atomic E-state index is 0.207. The average Bonchev–Trinajstić information content (AvgIpc) is 2.07. The van der Waals surface area contributed by atoms with Gasteiger partial charge in [-0.3, -0.25) is 4.79 Å². The zero-order chi connectivity index (χ0) is 8.86. The van der Waals surface area contributed by atoms with Gasteiger partial charge < -0.3 is 4.74 Å². The molecule has 0 aromatic heterocycles. The molecule has 0 heterocycles. The van der Waals surface area contributed by atoms with Crippen molar-refractivity contribution in [2.75, 3.05) is 0 Å². The molecule has 1 aliphatic carbocycles. The molecule has 0 unspecified atom stereocenters. The molecule has 0 N–H and O–H groups in total. The summed E-state index contributed by atoms with van der Waals surface area (Å²) in [5, 5.41) is 0. The van der Waals surface area contributed by atoms with E-state index in [-0.39, 0.29) is 5.60 Å². The third-order valence-electron chi connectivity index (χ3n) is 2.58. The maximum absolute atomic E-state index is 10.3. The lowest BCUT2D eigenvalue weighted by Gasteiger charge is -2.34. The van der Waals surface area contributed by atoms with Crippen LogP contribution in [0.5, 0.6) is 0 Å². The van der Waals surface area contributed by atoms with E-state index in [1.165, 1.54) is 19.3 Å². The van der Waals surface area contributed by atoms with Crippen molar-refractivity contribution in [1.82, 2.24) is 0 Å². The fourth-order valence-electron chi connectivity index (χ4n) is 1.93. The second-order valence-electron chi connectivity index (χ2n) is 3.45. The van der Waals surface area contributed by atoms with Gasteiger partial charge in [-0.1, -0.05) is 12.5 Å². The van der Waals surface area contributed by atoms with Gasteiger partial charge in [-0.05, 0) is 25.7 Å². The van der Waals surface area contributed by atoms with Crippen LogP contribution in [0, 0.1) is 0 Å². The highest BCUT2D eigenvalue weighted by Crippen LogP contribution is 2.34. The number of carbonyl (C=O) groups is 1. The minimum Gasteiger partial charge on any atom is -0.461 e. The van der Waals surface area contributed by atoms with E-state index in [9.17, 15) is 4.79 Å². The van der Waals surface area contributed by atoms with Gasteiger partial charge >= 0.3 is 0 Å².